The van der Waals surface area contributed by atoms with Gasteiger partial charge in [-0.15, -0.1) is 0 Å². The molecule has 0 radical (unpaired) electrons. The van der Waals surface area contributed by atoms with Gasteiger partial charge >= 0.3 is 0 Å². The molecule has 0 unspecified atom stereocenters. The second-order valence-electron chi connectivity index (χ2n) is 5.58. The number of benzene rings is 2. The van der Waals surface area contributed by atoms with E-state index in [2.05, 4.69) is 79.5 Å². The van der Waals surface area contributed by atoms with Gasteiger partial charge in [-0.25, -0.2) is 0 Å². The highest BCUT2D eigenvalue weighted by Crippen LogP contribution is 2.26. The van der Waals surface area contributed by atoms with Gasteiger partial charge < -0.3 is 0 Å². The molecule has 0 N–H and O–H groups in total. The summed E-state index contributed by atoms with van der Waals surface area (Å²) in [6.07, 6.45) is 1.90. The highest BCUT2D eigenvalue weighted by atomic mass is 14.7. The molecule has 0 aliphatic rings. The molecule has 2 aromatic carbocycles. The SMILES string of the molecule is CC(C)c1ccnc(-c2cccc(-c3ccccc3)c2)c1. The van der Waals surface area contributed by atoms with Crippen molar-refractivity contribution in [2.75, 3.05) is 0 Å². The van der Waals surface area contributed by atoms with Gasteiger partial charge in [0, 0.05) is 11.8 Å². The lowest BCUT2D eigenvalue weighted by atomic mass is 9.99. The van der Waals surface area contributed by atoms with Crippen LogP contribution in [-0.2, 0) is 0 Å². The van der Waals surface area contributed by atoms with E-state index in [0.29, 0.717) is 5.92 Å². The fraction of sp³-hybridized carbons (Fsp3) is 0.150. The van der Waals surface area contributed by atoms with Crippen LogP contribution in [0.15, 0.2) is 72.9 Å². The van der Waals surface area contributed by atoms with Crippen LogP contribution >= 0.6 is 0 Å². The Labute approximate surface area is 126 Å². The molecular formula is C20H19N. The van der Waals surface area contributed by atoms with E-state index in [4.69, 9.17) is 0 Å². The highest BCUT2D eigenvalue weighted by Gasteiger charge is 2.05. The smallest absolute Gasteiger partial charge is 0.0705 e. The molecule has 0 saturated carbocycles. The summed E-state index contributed by atoms with van der Waals surface area (Å²) in [7, 11) is 0. The number of hydrogen-bond acceptors (Lipinski definition) is 1. The Bertz CT molecular complexity index is 730. The molecule has 1 nitrogen and oxygen atoms in total. The van der Waals surface area contributed by atoms with E-state index >= 15 is 0 Å². The van der Waals surface area contributed by atoms with Crippen LogP contribution in [0.5, 0.6) is 0 Å². The largest absolute Gasteiger partial charge is 0.256 e. The Morgan fingerprint density at radius 1 is 0.714 bits per heavy atom. The number of pyridine rings is 1. The van der Waals surface area contributed by atoms with Crippen LogP contribution < -0.4 is 0 Å². The van der Waals surface area contributed by atoms with Crippen LogP contribution in [0.2, 0.25) is 0 Å². The maximum Gasteiger partial charge on any atom is 0.0705 e. The third-order valence-electron chi connectivity index (χ3n) is 3.72. The van der Waals surface area contributed by atoms with E-state index in [1.165, 1.54) is 22.3 Å². The van der Waals surface area contributed by atoms with Gasteiger partial charge in [0.1, 0.15) is 0 Å². The summed E-state index contributed by atoms with van der Waals surface area (Å²) in [6, 6.07) is 23.3. The summed E-state index contributed by atoms with van der Waals surface area (Å²) in [5, 5.41) is 0. The second kappa shape index (κ2) is 5.92. The maximum absolute atomic E-state index is 4.53. The van der Waals surface area contributed by atoms with E-state index in [0.717, 1.165) is 5.69 Å². The van der Waals surface area contributed by atoms with Gasteiger partial charge in [0.15, 0.2) is 0 Å². The van der Waals surface area contributed by atoms with Crippen molar-refractivity contribution in [1.29, 1.82) is 0 Å². The molecule has 0 amide bonds. The molecule has 0 aliphatic carbocycles. The molecule has 0 spiro atoms. The second-order valence-corrected chi connectivity index (χ2v) is 5.58. The summed E-state index contributed by atoms with van der Waals surface area (Å²) in [6.45, 7) is 4.42. The number of nitrogens with zero attached hydrogens (tertiary/aromatic N) is 1. The topological polar surface area (TPSA) is 12.9 Å². The first kappa shape index (κ1) is 13.6. The molecule has 3 rings (SSSR count). The van der Waals surface area contributed by atoms with Gasteiger partial charge in [-0.2, -0.15) is 0 Å². The van der Waals surface area contributed by atoms with E-state index in [-0.39, 0.29) is 0 Å². The lowest BCUT2D eigenvalue weighted by Gasteiger charge is -2.09. The van der Waals surface area contributed by atoms with Crippen LogP contribution in [0, 0.1) is 0 Å². The predicted octanol–water partition coefficient (Wildman–Crippen LogP) is 5.54. The Balaban J connectivity index is 2.02. The quantitative estimate of drug-likeness (QED) is 0.610. The van der Waals surface area contributed by atoms with Gasteiger partial charge in [-0.05, 0) is 40.8 Å². The Morgan fingerprint density at radius 3 is 2.19 bits per heavy atom. The molecule has 1 heteroatoms. The van der Waals surface area contributed by atoms with Crippen molar-refractivity contribution in [1.82, 2.24) is 4.98 Å². The molecule has 0 aliphatic heterocycles. The van der Waals surface area contributed by atoms with E-state index < -0.39 is 0 Å². The van der Waals surface area contributed by atoms with Gasteiger partial charge in [0.25, 0.3) is 0 Å². The van der Waals surface area contributed by atoms with E-state index in [1.807, 2.05) is 12.3 Å². The number of hydrogen-bond donors (Lipinski definition) is 0. The monoisotopic (exact) mass is 273 g/mol. The normalized spacial score (nSPS) is 10.8. The Morgan fingerprint density at radius 2 is 1.43 bits per heavy atom. The van der Waals surface area contributed by atoms with E-state index in [9.17, 15) is 0 Å². The Hall–Kier alpha value is -2.41. The van der Waals surface area contributed by atoms with Gasteiger partial charge in [0.05, 0.1) is 5.69 Å². The van der Waals surface area contributed by atoms with Crippen molar-refractivity contribution in [3.63, 3.8) is 0 Å². The third kappa shape index (κ3) is 3.03. The first-order chi connectivity index (χ1) is 10.2. The summed E-state index contributed by atoms with van der Waals surface area (Å²) in [5.41, 5.74) is 5.99. The third-order valence-corrected chi connectivity index (χ3v) is 3.72. The minimum Gasteiger partial charge on any atom is -0.256 e. The molecule has 0 fully saturated rings. The average molecular weight is 273 g/mol. The lowest BCUT2D eigenvalue weighted by molar-refractivity contribution is 0.864. The van der Waals surface area contributed by atoms with Crippen LogP contribution in [0.25, 0.3) is 22.4 Å². The zero-order chi connectivity index (χ0) is 14.7. The number of aromatic nitrogens is 1. The summed E-state index contributed by atoms with van der Waals surface area (Å²) >= 11 is 0. The molecule has 0 atom stereocenters. The molecule has 0 bridgehead atoms. The first-order valence-corrected chi connectivity index (χ1v) is 7.36. The standard InChI is InChI=1S/C20H19N/c1-15(2)17-11-12-21-20(14-17)19-10-6-9-18(13-19)16-7-4-3-5-8-16/h3-15H,1-2H3. The predicted molar refractivity (Wildman–Crippen MR) is 89.2 cm³/mol. The minimum atomic E-state index is 0.518. The summed E-state index contributed by atoms with van der Waals surface area (Å²) in [4.78, 5) is 4.53. The minimum absolute atomic E-state index is 0.518. The van der Waals surface area contributed by atoms with Crippen LogP contribution in [-0.4, -0.2) is 4.98 Å². The van der Waals surface area contributed by atoms with Crippen molar-refractivity contribution in [3.8, 4) is 22.4 Å². The van der Waals surface area contributed by atoms with Crippen LogP contribution in [0.4, 0.5) is 0 Å². The molecule has 3 aromatic rings. The van der Waals surface area contributed by atoms with Gasteiger partial charge in [-0.3, -0.25) is 4.98 Å². The molecule has 1 aromatic heterocycles. The van der Waals surface area contributed by atoms with Crippen molar-refractivity contribution in [2.24, 2.45) is 0 Å². The fourth-order valence-corrected chi connectivity index (χ4v) is 2.45. The van der Waals surface area contributed by atoms with E-state index in [1.54, 1.807) is 0 Å². The number of rotatable bonds is 3. The van der Waals surface area contributed by atoms with Gasteiger partial charge in [-0.1, -0.05) is 62.4 Å². The van der Waals surface area contributed by atoms with Crippen molar-refractivity contribution in [3.05, 3.63) is 78.5 Å². The highest BCUT2D eigenvalue weighted by molar-refractivity contribution is 5.71. The molecular weight excluding hydrogens is 254 g/mol. The molecule has 21 heavy (non-hydrogen) atoms. The van der Waals surface area contributed by atoms with Gasteiger partial charge in [0.2, 0.25) is 0 Å². The molecule has 0 saturated heterocycles. The fourth-order valence-electron chi connectivity index (χ4n) is 2.45. The lowest BCUT2D eigenvalue weighted by Crippen LogP contribution is -1.91. The summed E-state index contributed by atoms with van der Waals surface area (Å²) < 4.78 is 0. The van der Waals surface area contributed by atoms with Crippen molar-refractivity contribution >= 4 is 0 Å². The van der Waals surface area contributed by atoms with Crippen molar-refractivity contribution < 1.29 is 0 Å². The summed E-state index contributed by atoms with van der Waals surface area (Å²) in [5.74, 6) is 0.518. The average Bonchev–Trinajstić information content (AvgIpc) is 2.56. The van der Waals surface area contributed by atoms with Crippen LogP contribution in [0.3, 0.4) is 0 Å². The maximum atomic E-state index is 4.53. The van der Waals surface area contributed by atoms with Crippen molar-refractivity contribution in [2.45, 2.75) is 19.8 Å². The molecule has 1 heterocycles. The van der Waals surface area contributed by atoms with Crippen LogP contribution in [0.1, 0.15) is 25.3 Å². The Kier molecular flexibility index (Phi) is 3.83. The zero-order valence-corrected chi connectivity index (χ0v) is 12.5. The zero-order valence-electron chi connectivity index (χ0n) is 12.5. The first-order valence-electron chi connectivity index (χ1n) is 7.36. The molecule has 104 valence electrons.